The molecule has 0 atom stereocenters. The van der Waals surface area contributed by atoms with Gasteiger partial charge in [0.2, 0.25) is 0 Å². The van der Waals surface area contributed by atoms with Gasteiger partial charge in [-0.3, -0.25) is 4.90 Å². The zero-order chi connectivity index (χ0) is 14.4. The van der Waals surface area contributed by atoms with Crippen LogP contribution in [0.3, 0.4) is 0 Å². The molecule has 0 saturated carbocycles. The van der Waals surface area contributed by atoms with Crippen molar-refractivity contribution in [2.75, 3.05) is 26.8 Å². The lowest BCUT2D eigenvalue weighted by molar-refractivity contribution is 0.0695. The molecule has 1 heterocycles. The highest BCUT2D eigenvalue weighted by Crippen LogP contribution is 2.17. The predicted octanol–water partition coefficient (Wildman–Crippen LogP) is 2.39. The molecule has 5 heteroatoms. The van der Waals surface area contributed by atoms with Gasteiger partial charge in [-0.05, 0) is 18.9 Å². The highest BCUT2D eigenvalue weighted by atomic mass is 16.5. The van der Waals surface area contributed by atoms with Crippen molar-refractivity contribution in [3.05, 3.63) is 23.2 Å². The number of methoxy groups -OCH3 is 1. The van der Waals surface area contributed by atoms with Gasteiger partial charge in [-0.1, -0.05) is 13.8 Å². The second kappa shape index (κ2) is 7.31. The highest BCUT2D eigenvalue weighted by molar-refractivity contribution is 5.88. The van der Waals surface area contributed by atoms with Gasteiger partial charge < -0.3 is 14.3 Å². The van der Waals surface area contributed by atoms with Crippen LogP contribution in [0.2, 0.25) is 0 Å². The first-order valence-electron chi connectivity index (χ1n) is 6.48. The van der Waals surface area contributed by atoms with Crippen molar-refractivity contribution in [2.24, 2.45) is 5.92 Å². The molecule has 0 saturated heterocycles. The summed E-state index contributed by atoms with van der Waals surface area (Å²) in [7, 11) is 1.67. The molecule has 0 aliphatic heterocycles. The lowest BCUT2D eigenvalue weighted by atomic mass is 10.2. The number of carboxylic acids is 1. The van der Waals surface area contributed by atoms with Gasteiger partial charge in [0.15, 0.2) is 0 Å². The number of carbonyl (C=O) groups is 1. The van der Waals surface area contributed by atoms with Crippen LogP contribution < -0.4 is 0 Å². The molecule has 0 unspecified atom stereocenters. The third-order valence-corrected chi connectivity index (χ3v) is 2.81. The molecular weight excluding hydrogens is 246 g/mol. The minimum atomic E-state index is -0.945. The third kappa shape index (κ3) is 5.04. The summed E-state index contributed by atoms with van der Waals surface area (Å²) in [6, 6.07) is 1.61. The Hall–Kier alpha value is -1.33. The highest BCUT2D eigenvalue weighted by Gasteiger charge is 2.16. The maximum atomic E-state index is 11.0. The van der Waals surface area contributed by atoms with Crippen LogP contribution in [0.4, 0.5) is 0 Å². The van der Waals surface area contributed by atoms with Crippen molar-refractivity contribution >= 4 is 5.97 Å². The predicted molar refractivity (Wildman–Crippen MR) is 72.4 cm³/mol. The fourth-order valence-corrected chi connectivity index (χ4v) is 2.03. The van der Waals surface area contributed by atoms with Crippen molar-refractivity contribution in [3.63, 3.8) is 0 Å². The summed E-state index contributed by atoms with van der Waals surface area (Å²) in [6.07, 6.45) is 0. The van der Waals surface area contributed by atoms with Crippen molar-refractivity contribution in [3.8, 4) is 0 Å². The first-order chi connectivity index (χ1) is 8.93. The number of ether oxygens (including phenoxy) is 1. The third-order valence-electron chi connectivity index (χ3n) is 2.81. The van der Waals surface area contributed by atoms with Gasteiger partial charge in [0.25, 0.3) is 0 Å². The molecule has 1 aromatic heterocycles. The van der Waals surface area contributed by atoms with Crippen LogP contribution in [0.25, 0.3) is 0 Å². The van der Waals surface area contributed by atoms with E-state index in [9.17, 15) is 4.79 Å². The molecule has 0 aliphatic rings. The van der Waals surface area contributed by atoms with Crippen LogP contribution in [0.1, 0.15) is 35.7 Å². The second-order valence-electron chi connectivity index (χ2n) is 5.11. The van der Waals surface area contributed by atoms with Crippen molar-refractivity contribution in [1.29, 1.82) is 0 Å². The summed E-state index contributed by atoms with van der Waals surface area (Å²) in [5, 5.41) is 9.01. The fraction of sp³-hybridized carbons (Fsp3) is 0.643. The molecular formula is C14H23NO4. The summed E-state index contributed by atoms with van der Waals surface area (Å²) in [4.78, 5) is 13.2. The van der Waals surface area contributed by atoms with Gasteiger partial charge in [-0.15, -0.1) is 0 Å². The zero-order valence-electron chi connectivity index (χ0n) is 12.1. The number of furan rings is 1. The van der Waals surface area contributed by atoms with Crippen LogP contribution in [0.15, 0.2) is 10.5 Å². The minimum Gasteiger partial charge on any atom is -0.478 e. The minimum absolute atomic E-state index is 0.242. The fourth-order valence-electron chi connectivity index (χ4n) is 2.03. The molecule has 1 rings (SSSR count). The Morgan fingerprint density at radius 3 is 2.68 bits per heavy atom. The van der Waals surface area contributed by atoms with Gasteiger partial charge >= 0.3 is 5.97 Å². The van der Waals surface area contributed by atoms with E-state index in [-0.39, 0.29) is 5.56 Å². The van der Waals surface area contributed by atoms with Gasteiger partial charge in [0.1, 0.15) is 17.1 Å². The topological polar surface area (TPSA) is 62.9 Å². The van der Waals surface area contributed by atoms with E-state index in [2.05, 4.69) is 18.7 Å². The van der Waals surface area contributed by atoms with Crippen LogP contribution in [0.5, 0.6) is 0 Å². The summed E-state index contributed by atoms with van der Waals surface area (Å²) in [5.74, 6) is 0.733. The monoisotopic (exact) mass is 269 g/mol. The van der Waals surface area contributed by atoms with E-state index in [1.165, 1.54) is 0 Å². The Labute approximate surface area is 114 Å². The van der Waals surface area contributed by atoms with Gasteiger partial charge in [-0.25, -0.2) is 4.79 Å². The number of rotatable bonds is 8. The maximum Gasteiger partial charge on any atom is 0.339 e. The lowest BCUT2D eigenvalue weighted by Gasteiger charge is -2.22. The average Bonchev–Trinajstić information content (AvgIpc) is 2.66. The van der Waals surface area contributed by atoms with E-state index in [0.717, 1.165) is 13.1 Å². The van der Waals surface area contributed by atoms with Crippen LogP contribution in [-0.2, 0) is 11.3 Å². The Balaban J connectivity index is 2.72. The quantitative estimate of drug-likeness (QED) is 0.785. The number of hydrogen-bond acceptors (Lipinski definition) is 4. The smallest absolute Gasteiger partial charge is 0.339 e. The standard InChI is InChI=1S/C14H23NO4/c1-10(2)8-15(5-6-18-4)9-12-7-13(14(16)17)11(3)19-12/h7,10H,5-6,8-9H2,1-4H3,(H,16,17). The molecule has 1 N–H and O–H groups in total. The maximum absolute atomic E-state index is 11.0. The Morgan fingerprint density at radius 1 is 1.53 bits per heavy atom. The Morgan fingerprint density at radius 2 is 2.21 bits per heavy atom. The first-order valence-corrected chi connectivity index (χ1v) is 6.48. The molecule has 0 aromatic carbocycles. The summed E-state index contributed by atoms with van der Waals surface area (Å²) < 4.78 is 10.6. The molecule has 108 valence electrons. The Bertz CT molecular complexity index is 412. The normalized spacial score (nSPS) is 11.5. The van der Waals surface area contributed by atoms with Crippen molar-refractivity contribution in [1.82, 2.24) is 4.90 Å². The van der Waals surface area contributed by atoms with Crippen LogP contribution in [0, 0.1) is 12.8 Å². The molecule has 0 amide bonds. The molecule has 19 heavy (non-hydrogen) atoms. The molecule has 0 fully saturated rings. The van der Waals surface area contributed by atoms with E-state index in [1.807, 2.05) is 0 Å². The van der Waals surface area contributed by atoms with E-state index in [0.29, 0.717) is 30.6 Å². The lowest BCUT2D eigenvalue weighted by Crippen LogP contribution is -2.30. The van der Waals surface area contributed by atoms with E-state index < -0.39 is 5.97 Å². The summed E-state index contributed by atoms with van der Waals surface area (Å²) >= 11 is 0. The number of nitrogens with zero attached hydrogens (tertiary/aromatic N) is 1. The van der Waals surface area contributed by atoms with Crippen molar-refractivity contribution < 1.29 is 19.1 Å². The molecule has 1 aromatic rings. The van der Waals surface area contributed by atoms with Gasteiger partial charge in [0.05, 0.1) is 13.2 Å². The largest absolute Gasteiger partial charge is 0.478 e. The summed E-state index contributed by atoms with van der Waals surface area (Å²) in [5.41, 5.74) is 0.242. The number of carboxylic acid groups (broad SMARTS) is 1. The van der Waals surface area contributed by atoms with Crippen molar-refractivity contribution in [2.45, 2.75) is 27.3 Å². The molecule has 0 bridgehead atoms. The van der Waals surface area contributed by atoms with E-state index in [1.54, 1.807) is 20.1 Å². The van der Waals surface area contributed by atoms with Gasteiger partial charge in [0, 0.05) is 20.2 Å². The molecule has 5 nitrogen and oxygen atoms in total. The van der Waals surface area contributed by atoms with E-state index >= 15 is 0 Å². The van der Waals surface area contributed by atoms with Gasteiger partial charge in [-0.2, -0.15) is 0 Å². The number of aromatic carboxylic acids is 1. The molecule has 0 aliphatic carbocycles. The van der Waals surface area contributed by atoms with E-state index in [4.69, 9.17) is 14.3 Å². The first kappa shape index (κ1) is 15.7. The summed E-state index contributed by atoms with van der Waals surface area (Å²) in [6.45, 7) is 8.96. The number of aryl methyl sites for hydroxylation is 1. The zero-order valence-corrected chi connectivity index (χ0v) is 12.1. The SMILES string of the molecule is COCCN(Cc1cc(C(=O)O)c(C)o1)CC(C)C. The second-order valence-corrected chi connectivity index (χ2v) is 5.11. The van der Waals surface area contributed by atoms with Crippen LogP contribution in [-0.4, -0.2) is 42.8 Å². The average molecular weight is 269 g/mol. The number of hydrogen-bond donors (Lipinski definition) is 1. The molecule has 0 radical (unpaired) electrons. The molecule has 0 spiro atoms. The Kier molecular flexibility index (Phi) is 6.05. The van der Waals surface area contributed by atoms with Crippen LogP contribution >= 0.6 is 0 Å².